The quantitative estimate of drug-likeness (QED) is 0.276. The molecule has 7 heteroatoms. The molecule has 2 aliphatic rings. The standard InChI is InChI=1S/C22H15Br2FN2OS/c23-13-3-4-16-12(6-13)7-17-21-15(25)8-14(24)9-18(21)28-22(27(16)17)19-10-26-20(29-19)5-11-1-2-11/h3-4,6-11,22H,1-2,5H2. The summed E-state index contributed by atoms with van der Waals surface area (Å²) >= 11 is 8.64. The van der Waals surface area contributed by atoms with Crippen LogP contribution in [0.15, 0.2) is 51.5 Å². The molecule has 0 saturated heterocycles. The van der Waals surface area contributed by atoms with Crippen LogP contribution in [0, 0.1) is 11.7 Å². The van der Waals surface area contributed by atoms with Crippen LogP contribution in [0.3, 0.4) is 0 Å². The van der Waals surface area contributed by atoms with Crippen LogP contribution >= 0.6 is 43.2 Å². The van der Waals surface area contributed by atoms with E-state index in [-0.39, 0.29) is 12.0 Å². The summed E-state index contributed by atoms with van der Waals surface area (Å²) < 4.78 is 25.1. The van der Waals surface area contributed by atoms with E-state index in [0.29, 0.717) is 15.8 Å². The van der Waals surface area contributed by atoms with Crippen LogP contribution in [0.2, 0.25) is 0 Å². The van der Waals surface area contributed by atoms with Gasteiger partial charge in [-0.15, -0.1) is 11.3 Å². The van der Waals surface area contributed by atoms with Crippen molar-refractivity contribution < 1.29 is 9.13 Å². The van der Waals surface area contributed by atoms with E-state index in [1.807, 2.05) is 30.5 Å². The first-order valence-corrected chi connectivity index (χ1v) is 11.9. The van der Waals surface area contributed by atoms with Crippen molar-refractivity contribution in [2.24, 2.45) is 5.92 Å². The Balaban J connectivity index is 1.56. The van der Waals surface area contributed by atoms with Crippen LogP contribution in [0.25, 0.3) is 22.2 Å². The van der Waals surface area contributed by atoms with Gasteiger partial charge in [0.1, 0.15) is 11.6 Å². The summed E-state index contributed by atoms with van der Waals surface area (Å²) in [6, 6.07) is 11.5. The first kappa shape index (κ1) is 18.1. The Hall–Kier alpha value is -1.70. The van der Waals surface area contributed by atoms with Crippen molar-refractivity contribution in [3.05, 3.63) is 67.2 Å². The van der Waals surface area contributed by atoms with Gasteiger partial charge in [0.25, 0.3) is 0 Å². The molecule has 29 heavy (non-hydrogen) atoms. The molecule has 3 heterocycles. The molecule has 1 atom stereocenters. The molecule has 0 spiro atoms. The lowest BCUT2D eigenvalue weighted by atomic mass is 10.1. The van der Waals surface area contributed by atoms with Crippen molar-refractivity contribution in [1.29, 1.82) is 0 Å². The molecular weight excluding hydrogens is 519 g/mol. The number of ether oxygens (including phenoxy) is 1. The second kappa shape index (κ2) is 6.65. The maximum absolute atomic E-state index is 15.0. The van der Waals surface area contributed by atoms with Crippen LogP contribution in [0.5, 0.6) is 5.75 Å². The Morgan fingerprint density at radius 3 is 2.83 bits per heavy atom. The first-order chi connectivity index (χ1) is 14.1. The number of hydrogen-bond donors (Lipinski definition) is 0. The van der Waals surface area contributed by atoms with Gasteiger partial charge in [-0.25, -0.2) is 9.37 Å². The Morgan fingerprint density at radius 2 is 2.00 bits per heavy atom. The molecule has 0 N–H and O–H groups in total. The van der Waals surface area contributed by atoms with Gasteiger partial charge in [0.2, 0.25) is 6.23 Å². The highest BCUT2D eigenvalue weighted by Crippen LogP contribution is 2.47. The van der Waals surface area contributed by atoms with Gasteiger partial charge < -0.3 is 4.74 Å². The number of halogens is 3. The van der Waals surface area contributed by atoms with E-state index in [9.17, 15) is 4.39 Å². The highest BCUT2D eigenvalue weighted by molar-refractivity contribution is 9.10. The van der Waals surface area contributed by atoms with Gasteiger partial charge in [-0.2, -0.15) is 0 Å². The van der Waals surface area contributed by atoms with Crippen molar-refractivity contribution in [2.45, 2.75) is 25.5 Å². The lowest BCUT2D eigenvalue weighted by Gasteiger charge is -2.29. The van der Waals surface area contributed by atoms with Crippen LogP contribution in [-0.2, 0) is 6.42 Å². The molecule has 1 aliphatic heterocycles. The van der Waals surface area contributed by atoms with Gasteiger partial charge in [-0.1, -0.05) is 31.9 Å². The molecule has 146 valence electrons. The summed E-state index contributed by atoms with van der Waals surface area (Å²) in [6.07, 6.45) is 5.20. The zero-order chi connectivity index (χ0) is 19.7. The normalized spacial score (nSPS) is 17.8. The number of thiazole rings is 1. The number of rotatable bonds is 3. The third-order valence-electron chi connectivity index (χ3n) is 5.52. The summed E-state index contributed by atoms with van der Waals surface area (Å²) in [5.41, 5.74) is 2.34. The van der Waals surface area contributed by atoms with E-state index in [4.69, 9.17) is 4.74 Å². The number of hydrogen-bond acceptors (Lipinski definition) is 3. The average molecular weight is 534 g/mol. The first-order valence-electron chi connectivity index (χ1n) is 9.48. The number of aromatic nitrogens is 2. The maximum Gasteiger partial charge on any atom is 0.213 e. The number of nitrogens with zero attached hydrogens (tertiary/aromatic N) is 2. The van der Waals surface area contributed by atoms with Gasteiger partial charge in [0.05, 0.1) is 26.7 Å². The molecule has 1 saturated carbocycles. The molecule has 1 fully saturated rings. The van der Waals surface area contributed by atoms with E-state index in [2.05, 4.69) is 47.5 Å². The van der Waals surface area contributed by atoms with Gasteiger partial charge in [0.15, 0.2) is 0 Å². The summed E-state index contributed by atoms with van der Waals surface area (Å²) in [5, 5.41) is 2.19. The summed E-state index contributed by atoms with van der Waals surface area (Å²) in [7, 11) is 0. The van der Waals surface area contributed by atoms with Crippen molar-refractivity contribution in [2.75, 3.05) is 0 Å². The second-order valence-electron chi connectivity index (χ2n) is 7.64. The topological polar surface area (TPSA) is 27.1 Å². The minimum Gasteiger partial charge on any atom is -0.464 e. The smallest absolute Gasteiger partial charge is 0.213 e. The maximum atomic E-state index is 15.0. The highest BCUT2D eigenvalue weighted by Gasteiger charge is 2.33. The molecule has 1 aliphatic carbocycles. The number of fused-ring (bicyclic) bond motifs is 5. The van der Waals surface area contributed by atoms with E-state index in [1.165, 1.54) is 18.9 Å². The van der Waals surface area contributed by atoms with Crippen LogP contribution in [0.4, 0.5) is 4.39 Å². The van der Waals surface area contributed by atoms with Crippen molar-refractivity contribution in [1.82, 2.24) is 9.55 Å². The predicted molar refractivity (Wildman–Crippen MR) is 120 cm³/mol. The fourth-order valence-electron chi connectivity index (χ4n) is 4.00. The Morgan fingerprint density at radius 1 is 1.14 bits per heavy atom. The largest absolute Gasteiger partial charge is 0.464 e. The molecule has 4 aromatic rings. The Kier molecular flexibility index (Phi) is 4.15. The lowest BCUT2D eigenvalue weighted by molar-refractivity contribution is 0.175. The molecule has 3 nitrogen and oxygen atoms in total. The Bertz CT molecular complexity index is 1280. The predicted octanol–water partition coefficient (Wildman–Crippen LogP) is 7.32. The van der Waals surface area contributed by atoms with E-state index in [0.717, 1.165) is 43.3 Å². The zero-order valence-electron chi connectivity index (χ0n) is 15.2. The summed E-state index contributed by atoms with van der Waals surface area (Å²) in [6.45, 7) is 0. The number of benzene rings is 2. The van der Waals surface area contributed by atoms with Crippen LogP contribution in [0.1, 0.15) is 29.0 Å². The summed E-state index contributed by atoms with van der Waals surface area (Å²) in [4.78, 5) is 5.68. The van der Waals surface area contributed by atoms with Gasteiger partial charge in [-0.05, 0) is 55.2 Å². The average Bonchev–Trinajstić information content (AvgIpc) is 3.22. The molecule has 0 radical (unpaired) electrons. The minimum absolute atomic E-state index is 0.297. The molecule has 0 bridgehead atoms. The Labute approximate surface area is 187 Å². The highest BCUT2D eigenvalue weighted by atomic mass is 79.9. The monoisotopic (exact) mass is 532 g/mol. The van der Waals surface area contributed by atoms with E-state index >= 15 is 0 Å². The third-order valence-corrected chi connectivity index (χ3v) is 7.53. The van der Waals surface area contributed by atoms with Crippen LogP contribution < -0.4 is 4.74 Å². The molecule has 6 rings (SSSR count). The molecule has 1 unspecified atom stereocenters. The van der Waals surface area contributed by atoms with Crippen LogP contribution in [-0.4, -0.2) is 9.55 Å². The third kappa shape index (κ3) is 3.05. The SMILES string of the molecule is Fc1cc(Br)cc2c1-c1cc3cc(Br)ccc3n1C(c1cnc(CC3CC3)s1)O2. The van der Waals surface area contributed by atoms with Crippen molar-refractivity contribution >= 4 is 54.1 Å². The summed E-state index contributed by atoms with van der Waals surface area (Å²) in [5.74, 6) is 1.04. The molecule has 0 amide bonds. The second-order valence-corrected chi connectivity index (χ2v) is 10.6. The van der Waals surface area contributed by atoms with Gasteiger partial charge in [0, 0.05) is 26.9 Å². The van der Waals surface area contributed by atoms with Crippen molar-refractivity contribution in [3.63, 3.8) is 0 Å². The lowest BCUT2D eigenvalue weighted by Crippen LogP contribution is -2.22. The molecular formula is C22H15Br2FN2OS. The van der Waals surface area contributed by atoms with Crippen molar-refractivity contribution in [3.8, 4) is 17.0 Å². The fourth-order valence-corrected chi connectivity index (χ4v) is 5.85. The fraction of sp³-hybridized carbons (Fsp3) is 0.227. The minimum atomic E-state index is -0.365. The molecule has 2 aromatic heterocycles. The zero-order valence-corrected chi connectivity index (χ0v) is 19.2. The van der Waals surface area contributed by atoms with E-state index in [1.54, 1.807) is 11.3 Å². The van der Waals surface area contributed by atoms with E-state index < -0.39 is 0 Å². The van der Waals surface area contributed by atoms with Gasteiger partial charge >= 0.3 is 0 Å². The van der Waals surface area contributed by atoms with Gasteiger partial charge in [-0.3, -0.25) is 4.57 Å². The molecule has 2 aromatic carbocycles.